The molecule has 0 saturated carbocycles. The topological polar surface area (TPSA) is 41.1 Å². The first-order valence-electron chi connectivity index (χ1n) is 6.99. The second-order valence-electron chi connectivity index (χ2n) is 5.64. The molecular weight excluding hydrogens is 304 g/mol. The fourth-order valence-electron chi connectivity index (χ4n) is 3.27. The quantitative estimate of drug-likeness (QED) is 0.897. The first-order valence-corrected chi connectivity index (χ1v) is 7.79. The Labute approximate surface area is 122 Å². The lowest BCUT2D eigenvalue weighted by molar-refractivity contribution is -0.121. The molecule has 3 rings (SSSR count). The Morgan fingerprint density at radius 3 is 2.63 bits per heavy atom. The van der Waals surface area contributed by atoms with Crippen molar-refractivity contribution in [1.29, 1.82) is 0 Å². The van der Waals surface area contributed by atoms with E-state index < -0.39 is 0 Å². The molecule has 0 radical (unpaired) electrons. The Morgan fingerprint density at radius 1 is 1.26 bits per heavy atom. The van der Waals surface area contributed by atoms with Crippen LogP contribution in [0.2, 0.25) is 0 Å². The van der Waals surface area contributed by atoms with Crippen LogP contribution in [0.3, 0.4) is 0 Å². The van der Waals surface area contributed by atoms with Crippen LogP contribution >= 0.6 is 15.9 Å². The van der Waals surface area contributed by atoms with Crippen LogP contribution in [-0.2, 0) is 11.2 Å². The van der Waals surface area contributed by atoms with Gasteiger partial charge in [-0.05, 0) is 37.3 Å². The van der Waals surface area contributed by atoms with Gasteiger partial charge < -0.3 is 10.6 Å². The number of halogens is 1. The molecule has 1 aromatic rings. The van der Waals surface area contributed by atoms with E-state index in [1.807, 2.05) is 24.3 Å². The van der Waals surface area contributed by atoms with E-state index in [1.54, 1.807) is 0 Å². The van der Waals surface area contributed by atoms with Crippen molar-refractivity contribution in [3.8, 4) is 0 Å². The van der Waals surface area contributed by atoms with Crippen LogP contribution < -0.4 is 10.6 Å². The summed E-state index contributed by atoms with van der Waals surface area (Å²) in [4.78, 5) is 12.1. The zero-order valence-corrected chi connectivity index (χ0v) is 12.4. The second kappa shape index (κ2) is 5.63. The maximum absolute atomic E-state index is 12.1. The van der Waals surface area contributed by atoms with Gasteiger partial charge in [0.25, 0.3) is 0 Å². The average molecular weight is 323 g/mol. The Kier molecular flexibility index (Phi) is 3.89. The molecule has 3 nitrogen and oxygen atoms in total. The van der Waals surface area contributed by atoms with Crippen molar-refractivity contribution in [3.05, 3.63) is 34.3 Å². The molecule has 2 bridgehead atoms. The van der Waals surface area contributed by atoms with E-state index in [0.29, 0.717) is 24.5 Å². The van der Waals surface area contributed by atoms with Gasteiger partial charge >= 0.3 is 0 Å². The molecule has 2 aliphatic rings. The standard InChI is InChI=1S/C15H19BrN2O/c16-14-4-2-1-3-10(14)7-15(19)18-13-8-11-5-6-12(9-13)17-11/h1-4,11-13,17H,5-9H2,(H,18,19). The fraction of sp³-hybridized carbons (Fsp3) is 0.533. The third-order valence-corrected chi connectivity index (χ3v) is 4.92. The number of benzene rings is 1. The molecule has 2 fully saturated rings. The van der Waals surface area contributed by atoms with Crippen LogP contribution in [0.4, 0.5) is 0 Å². The third-order valence-electron chi connectivity index (χ3n) is 4.15. The molecule has 2 N–H and O–H groups in total. The number of carbonyl (C=O) groups is 1. The molecule has 0 aromatic heterocycles. The van der Waals surface area contributed by atoms with Crippen LogP contribution in [-0.4, -0.2) is 24.0 Å². The molecule has 4 heteroatoms. The molecule has 0 aliphatic carbocycles. The number of piperidine rings is 1. The Balaban J connectivity index is 1.56. The van der Waals surface area contributed by atoms with Crippen molar-refractivity contribution in [2.45, 2.75) is 50.2 Å². The Bertz CT molecular complexity index is 465. The van der Waals surface area contributed by atoms with Crippen molar-refractivity contribution >= 4 is 21.8 Å². The fourth-order valence-corrected chi connectivity index (χ4v) is 3.69. The molecule has 2 aliphatic heterocycles. The molecule has 2 heterocycles. The van der Waals surface area contributed by atoms with E-state index in [1.165, 1.54) is 12.8 Å². The lowest BCUT2D eigenvalue weighted by Gasteiger charge is -2.29. The number of amides is 1. The Morgan fingerprint density at radius 2 is 1.95 bits per heavy atom. The molecular formula is C15H19BrN2O. The molecule has 1 aromatic carbocycles. The van der Waals surface area contributed by atoms with Gasteiger partial charge in [0, 0.05) is 22.6 Å². The van der Waals surface area contributed by atoms with Gasteiger partial charge in [-0.3, -0.25) is 4.79 Å². The highest BCUT2D eigenvalue weighted by Crippen LogP contribution is 2.26. The van der Waals surface area contributed by atoms with Crippen molar-refractivity contribution < 1.29 is 4.79 Å². The normalized spacial score (nSPS) is 29.2. The third kappa shape index (κ3) is 3.18. The second-order valence-corrected chi connectivity index (χ2v) is 6.50. The highest BCUT2D eigenvalue weighted by molar-refractivity contribution is 9.10. The predicted octanol–water partition coefficient (Wildman–Crippen LogP) is 2.39. The van der Waals surface area contributed by atoms with Crippen LogP contribution in [0.1, 0.15) is 31.2 Å². The SMILES string of the molecule is O=C(Cc1ccccc1Br)NC1CC2CCC(C1)N2. The summed E-state index contributed by atoms with van der Waals surface area (Å²) in [6.45, 7) is 0. The maximum Gasteiger partial charge on any atom is 0.224 e. The van der Waals surface area contributed by atoms with Gasteiger partial charge in [0.1, 0.15) is 0 Å². The molecule has 102 valence electrons. The van der Waals surface area contributed by atoms with Gasteiger partial charge in [-0.1, -0.05) is 34.1 Å². The van der Waals surface area contributed by atoms with Gasteiger partial charge in [-0.15, -0.1) is 0 Å². The monoisotopic (exact) mass is 322 g/mol. The number of fused-ring (bicyclic) bond motifs is 2. The lowest BCUT2D eigenvalue weighted by atomic mass is 9.99. The van der Waals surface area contributed by atoms with Crippen molar-refractivity contribution in [3.63, 3.8) is 0 Å². The van der Waals surface area contributed by atoms with Crippen LogP contribution in [0.5, 0.6) is 0 Å². The molecule has 19 heavy (non-hydrogen) atoms. The minimum absolute atomic E-state index is 0.137. The van der Waals surface area contributed by atoms with Crippen molar-refractivity contribution in [1.82, 2.24) is 10.6 Å². The van der Waals surface area contributed by atoms with Crippen molar-refractivity contribution in [2.75, 3.05) is 0 Å². The molecule has 2 atom stereocenters. The summed E-state index contributed by atoms with van der Waals surface area (Å²) in [6.07, 6.45) is 5.15. The van der Waals surface area contributed by atoms with Crippen LogP contribution in [0.15, 0.2) is 28.7 Å². The summed E-state index contributed by atoms with van der Waals surface area (Å²) >= 11 is 3.49. The number of nitrogens with one attached hydrogen (secondary N) is 2. The van der Waals surface area contributed by atoms with Gasteiger partial charge in [0.05, 0.1) is 6.42 Å². The summed E-state index contributed by atoms with van der Waals surface area (Å²) in [5, 5.41) is 6.79. The first-order chi connectivity index (χ1) is 9.20. The van der Waals surface area contributed by atoms with Gasteiger partial charge in [-0.2, -0.15) is 0 Å². The lowest BCUT2D eigenvalue weighted by Crippen LogP contribution is -2.48. The number of rotatable bonds is 3. The smallest absolute Gasteiger partial charge is 0.224 e. The Hall–Kier alpha value is -0.870. The average Bonchev–Trinajstić information content (AvgIpc) is 2.72. The van der Waals surface area contributed by atoms with Gasteiger partial charge in [-0.25, -0.2) is 0 Å². The van der Waals surface area contributed by atoms with Gasteiger partial charge in [0.2, 0.25) is 5.91 Å². The van der Waals surface area contributed by atoms with Crippen LogP contribution in [0.25, 0.3) is 0 Å². The molecule has 2 unspecified atom stereocenters. The zero-order valence-electron chi connectivity index (χ0n) is 10.9. The van der Waals surface area contributed by atoms with Crippen LogP contribution in [0, 0.1) is 0 Å². The zero-order chi connectivity index (χ0) is 13.2. The van der Waals surface area contributed by atoms with Crippen molar-refractivity contribution in [2.24, 2.45) is 0 Å². The number of carbonyl (C=O) groups excluding carboxylic acids is 1. The molecule has 0 spiro atoms. The minimum atomic E-state index is 0.137. The summed E-state index contributed by atoms with van der Waals surface area (Å²) < 4.78 is 1.01. The highest BCUT2D eigenvalue weighted by atomic mass is 79.9. The van der Waals surface area contributed by atoms with E-state index in [9.17, 15) is 4.79 Å². The molecule has 1 amide bonds. The largest absolute Gasteiger partial charge is 0.353 e. The van der Waals surface area contributed by atoms with Gasteiger partial charge in [0.15, 0.2) is 0 Å². The summed E-state index contributed by atoms with van der Waals surface area (Å²) in [5.74, 6) is 0.137. The molecule has 2 saturated heterocycles. The van der Waals surface area contributed by atoms with E-state index in [0.717, 1.165) is 22.9 Å². The van der Waals surface area contributed by atoms with E-state index in [2.05, 4.69) is 26.6 Å². The summed E-state index contributed by atoms with van der Waals surface area (Å²) in [7, 11) is 0. The van der Waals surface area contributed by atoms with E-state index >= 15 is 0 Å². The minimum Gasteiger partial charge on any atom is -0.353 e. The maximum atomic E-state index is 12.1. The number of hydrogen-bond donors (Lipinski definition) is 2. The predicted molar refractivity (Wildman–Crippen MR) is 79.0 cm³/mol. The van der Waals surface area contributed by atoms with E-state index in [4.69, 9.17) is 0 Å². The first kappa shape index (κ1) is 13.1. The number of hydrogen-bond acceptors (Lipinski definition) is 2. The summed E-state index contributed by atoms with van der Waals surface area (Å²) in [5.41, 5.74) is 1.05. The summed E-state index contributed by atoms with van der Waals surface area (Å²) in [6, 6.07) is 9.51. The highest BCUT2D eigenvalue weighted by Gasteiger charge is 2.33. The van der Waals surface area contributed by atoms with E-state index in [-0.39, 0.29) is 5.91 Å².